The Morgan fingerprint density at radius 3 is 2.33 bits per heavy atom. The molecule has 3 aliphatic carbocycles. The average Bonchev–Trinajstić information content (AvgIpc) is 3.56. The lowest BCUT2D eigenvalue weighted by Crippen LogP contribution is -2.72. The molecule has 11 atom stereocenters. The SMILES string of the molecule is C=C(C)[C@]12C[C@@H](C)[C@@]34OC(CCCCCCCCCCC)(O[C@@H]1C3C1O[C@]1(CO)[C@@H](O)[C@]1(O)C(=O)C(C)=CC41)O2. The van der Waals surface area contributed by atoms with E-state index in [9.17, 15) is 20.1 Å². The molecule has 0 aromatic rings. The predicted octanol–water partition coefficient (Wildman–Crippen LogP) is 4.10. The van der Waals surface area contributed by atoms with Gasteiger partial charge in [-0.1, -0.05) is 77.9 Å². The molecular formula is C32H48O8. The minimum atomic E-state index is -2.18. The number of carbonyl (C=O) groups excluding carboxylic acids is 1. The van der Waals surface area contributed by atoms with E-state index in [1.807, 2.05) is 6.92 Å². The summed E-state index contributed by atoms with van der Waals surface area (Å²) in [5.74, 6) is -3.38. The topological polar surface area (TPSA) is 118 Å². The molecule has 0 radical (unpaired) electrons. The molecule has 3 saturated heterocycles. The first-order valence-corrected chi connectivity index (χ1v) is 15.7. The summed E-state index contributed by atoms with van der Waals surface area (Å²) in [4.78, 5) is 13.5. The Kier molecular flexibility index (Phi) is 7.02. The first kappa shape index (κ1) is 29.0. The quantitative estimate of drug-likeness (QED) is 0.186. The van der Waals surface area contributed by atoms with Gasteiger partial charge >= 0.3 is 0 Å². The van der Waals surface area contributed by atoms with Gasteiger partial charge in [-0.25, -0.2) is 0 Å². The second-order valence-corrected chi connectivity index (χ2v) is 13.7. The summed E-state index contributed by atoms with van der Waals surface area (Å²) < 4.78 is 26.8. The molecule has 3 heterocycles. The number of hydrogen-bond acceptors (Lipinski definition) is 8. The van der Waals surface area contributed by atoms with Crippen molar-refractivity contribution in [3.63, 3.8) is 0 Å². The summed E-state index contributed by atoms with van der Waals surface area (Å²) in [5.41, 5.74) is -4.36. The molecule has 6 rings (SSSR count). The molecule has 40 heavy (non-hydrogen) atoms. The van der Waals surface area contributed by atoms with Crippen molar-refractivity contribution in [3.8, 4) is 0 Å². The van der Waals surface area contributed by atoms with Crippen LogP contribution in [0.3, 0.4) is 0 Å². The van der Waals surface area contributed by atoms with Crippen LogP contribution in [-0.4, -0.2) is 74.4 Å². The zero-order valence-corrected chi connectivity index (χ0v) is 24.6. The van der Waals surface area contributed by atoms with Crippen LogP contribution < -0.4 is 0 Å². The van der Waals surface area contributed by atoms with Crippen LogP contribution in [0, 0.1) is 17.8 Å². The van der Waals surface area contributed by atoms with E-state index in [0.29, 0.717) is 18.4 Å². The molecule has 0 aromatic carbocycles. The Morgan fingerprint density at radius 2 is 1.70 bits per heavy atom. The van der Waals surface area contributed by atoms with Crippen LogP contribution in [0.25, 0.3) is 0 Å². The highest BCUT2D eigenvalue weighted by atomic mass is 16.9. The van der Waals surface area contributed by atoms with Crippen molar-refractivity contribution >= 4 is 5.78 Å². The first-order chi connectivity index (χ1) is 19.0. The number of aliphatic hydroxyl groups excluding tert-OH is 2. The molecule has 0 amide bonds. The molecule has 5 fully saturated rings. The smallest absolute Gasteiger partial charge is 0.284 e. The maximum Gasteiger partial charge on any atom is 0.284 e. The van der Waals surface area contributed by atoms with Crippen LogP contribution in [0.1, 0.15) is 98.3 Å². The van der Waals surface area contributed by atoms with Crippen LogP contribution in [0.15, 0.2) is 23.8 Å². The summed E-state index contributed by atoms with van der Waals surface area (Å²) in [6.45, 7) is 11.7. The number of rotatable bonds is 12. The van der Waals surface area contributed by atoms with E-state index in [1.54, 1.807) is 13.0 Å². The Morgan fingerprint density at radius 1 is 1.05 bits per heavy atom. The maximum atomic E-state index is 13.5. The van der Waals surface area contributed by atoms with E-state index in [4.69, 9.17) is 18.9 Å². The number of carbonyl (C=O) groups is 1. The van der Waals surface area contributed by atoms with Crippen LogP contribution in [0.5, 0.6) is 0 Å². The van der Waals surface area contributed by atoms with Crippen LogP contribution in [0.2, 0.25) is 0 Å². The summed E-state index contributed by atoms with van der Waals surface area (Å²) in [6.07, 6.45) is 10.7. The van der Waals surface area contributed by atoms with Gasteiger partial charge in [0.2, 0.25) is 0 Å². The lowest BCUT2D eigenvalue weighted by Gasteiger charge is -2.59. The standard InChI is InChI=1S/C32H48O8/c1-6-7-8-9-10-11-12-13-14-15-30-38-25-23-26-29(18-33,37-26)27(35)31(36)22(16-20(4)24(31)34)32(23,40-30)21(5)17-28(25,39-30)19(2)3/h16,21-23,25-27,33,35-36H,2,6-15,17-18H2,1,3-5H3/t21-,22?,23?,25-,26?,27-,28-,29+,30?,31-,32+/m1/s1. The fraction of sp³-hybridized carbons (Fsp3) is 0.844. The van der Waals surface area contributed by atoms with E-state index in [2.05, 4.69) is 20.4 Å². The van der Waals surface area contributed by atoms with Crippen molar-refractivity contribution < 1.29 is 39.1 Å². The Labute approximate surface area is 238 Å². The molecule has 3 N–H and O–H groups in total. The largest absolute Gasteiger partial charge is 0.393 e. The van der Waals surface area contributed by atoms with Crippen LogP contribution in [-0.2, 0) is 23.7 Å². The third-order valence-corrected chi connectivity index (χ3v) is 11.3. The monoisotopic (exact) mass is 560 g/mol. The molecule has 2 saturated carbocycles. The summed E-state index contributed by atoms with van der Waals surface area (Å²) >= 11 is 0. The van der Waals surface area contributed by atoms with Gasteiger partial charge in [0.15, 0.2) is 11.4 Å². The fourth-order valence-electron chi connectivity index (χ4n) is 9.19. The van der Waals surface area contributed by atoms with Crippen LogP contribution >= 0.6 is 0 Å². The molecule has 6 aliphatic rings. The van der Waals surface area contributed by atoms with Gasteiger partial charge in [0.25, 0.3) is 5.97 Å². The highest BCUT2D eigenvalue weighted by Crippen LogP contribution is 2.73. The Bertz CT molecular complexity index is 1090. The number of Topliss-reactive ketones (excluding diaryl/α,β-unsaturated/α-hetero) is 1. The van der Waals surface area contributed by atoms with E-state index >= 15 is 0 Å². The van der Waals surface area contributed by atoms with Gasteiger partial charge in [0, 0.05) is 18.3 Å². The lowest BCUT2D eigenvalue weighted by atomic mass is 9.54. The highest BCUT2D eigenvalue weighted by Gasteiger charge is 2.88. The van der Waals surface area contributed by atoms with Crippen molar-refractivity contribution in [3.05, 3.63) is 23.8 Å². The number of ketones is 1. The molecule has 224 valence electrons. The van der Waals surface area contributed by atoms with Crippen molar-refractivity contribution in [2.24, 2.45) is 17.8 Å². The third kappa shape index (κ3) is 3.60. The van der Waals surface area contributed by atoms with Crippen LogP contribution in [0.4, 0.5) is 0 Å². The molecule has 4 unspecified atom stereocenters. The van der Waals surface area contributed by atoms with Gasteiger partial charge in [-0.05, 0) is 43.8 Å². The van der Waals surface area contributed by atoms with Gasteiger partial charge in [-0.2, -0.15) is 0 Å². The predicted molar refractivity (Wildman–Crippen MR) is 147 cm³/mol. The normalized spacial score (nSPS) is 49.8. The molecule has 8 nitrogen and oxygen atoms in total. The van der Waals surface area contributed by atoms with Crippen molar-refractivity contribution in [1.29, 1.82) is 0 Å². The Hall–Kier alpha value is -1.13. The summed E-state index contributed by atoms with van der Waals surface area (Å²) in [5, 5.41) is 34.2. The number of epoxide rings is 1. The number of unbranched alkanes of at least 4 members (excludes halogenated alkanes) is 8. The minimum absolute atomic E-state index is 0.184. The zero-order chi connectivity index (χ0) is 28.7. The lowest BCUT2D eigenvalue weighted by molar-refractivity contribution is -0.430. The van der Waals surface area contributed by atoms with E-state index < -0.39 is 70.9 Å². The summed E-state index contributed by atoms with van der Waals surface area (Å²) in [6, 6.07) is 0. The summed E-state index contributed by atoms with van der Waals surface area (Å²) in [7, 11) is 0. The van der Waals surface area contributed by atoms with Crippen molar-refractivity contribution in [2.75, 3.05) is 6.61 Å². The van der Waals surface area contributed by atoms with Crippen molar-refractivity contribution in [2.45, 2.75) is 145 Å². The first-order valence-electron chi connectivity index (χ1n) is 15.7. The maximum absolute atomic E-state index is 13.5. The van der Waals surface area contributed by atoms with Gasteiger partial charge in [0.1, 0.15) is 29.5 Å². The third-order valence-electron chi connectivity index (χ3n) is 11.3. The van der Waals surface area contributed by atoms with E-state index in [1.165, 1.54) is 38.5 Å². The number of ether oxygens (including phenoxy) is 4. The van der Waals surface area contributed by atoms with Gasteiger partial charge in [-0.15, -0.1) is 0 Å². The number of fused-ring (bicyclic) bond motifs is 3. The molecular weight excluding hydrogens is 512 g/mol. The minimum Gasteiger partial charge on any atom is -0.393 e. The number of hydrogen-bond donors (Lipinski definition) is 3. The second-order valence-electron chi connectivity index (χ2n) is 13.7. The molecule has 3 bridgehead atoms. The van der Waals surface area contributed by atoms with Gasteiger partial charge < -0.3 is 34.3 Å². The van der Waals surface area contributed by atoms with Gasteiger partial charge in [0.05, 0.1) is 12.2 Å². The zero-order valence-electron chi connectivity index (χ0n) is 24.6. The highest BCUT2D eigenvalue weighted by molar-refractivity contribution is 6.05. The fourth-order valence-corrected chi connectivity index (χ4v) is 9.19. The molecule has 0 spiro atoms. The van der Waals surface area contributed by atoms with E-state index in [0.717, 1.165) is 24.8 Å². The van der Waals surface area contributed by atoms with Crippen molar-refractivity contribution in [1.82, 2.24) is 0 Å². The molecule has 3 aliphatic heterocycles. The van der Waals surface area contributed by atoms with Gasteiger partial charge in [-0.3, -0.25) is 4.79 Å². The average molecular weight is 561 g/mol. The number of aliphatic hydroxyl groups is 3. The Balaban J connectivity index is 1.33. The second kappa shape index (κ2) is 9.69. The molecule has 8 heteroatoms. The van der Waals surface area contributed by atoms with E-state index in [-0.39, 0.29) is 5.92 Å². The molecule has 0 aromatic heterocycles.